The maximum atomic E-state index is 5.91. The fourth-order valence-corrected chi connectivity index (χ4v) is 2.57. The van der Waals surface area contributed by atoms with Crippen LogP contribution in [-0.2, 0) is 0 Å². The number of hydrogen-bond donors (Lipinski definition) is 1. The molecule has 2 N–H and O–H groups in total. The standard InChI is InChI=1S/C14H23N3/c1-3-4-12-6-8-17(10-12)14-9-13(11(2)15)5-7-16-14/h5,7,9,11-12H,3-4,6,8,10,15H2,1-2H3. The van der Waals surface area contributed by atoms with Gasteiger partial charge in [0, 0.05) is 25.3 Å². The highest BCUT2D eigenvalue weighted by Gasteiger charge is 2.22. The lowest BCUT2D eigenvalue weighted by molar-refractivity contribution is 0.529. The first-order chi connectivity index (χ1) is 8.20. The van der Waals surface area contributed by atoms with Crippen LogP contribution >= 0.6 is 0 Å². The number of anilines is 1. The largest absolute Gasteiger partial charge is 0.356 e. The number of hydrogen-bond acceptors (Lipinski definition) is 3. The quantitative estimate of drug-likeness (QED) is 0.869. The molecule has 0 saturated carbocycles. The molecule has 1 aliphatic heterocycles. The molecule has 1 saturated heterocycles. The van der Waals surface area contributed by atoms with Crippen molar-refractivity contribution >= 4 is 5.82 Å². The van der Waals surface area contributed by atoms with Crippen molar-refractivity contribution in [3.8, 4) is 0 Å². The molecule has 3 heteroatoms. The second-order valence-electron chi connectivity index (χ2n) is 5.13. The third kappa shape index (κ3) is 2.97. The second-order valence-corrected chi connectivity index (χ2v) is 5.13. The van der Waals surface area contributed by atoms with Crippen LogP contribution in [0.5, 0.6) is 0 Å². The lowest BCUT2D eigenvalue weighted by atomic mass is 10.0. The minimum Gasteiger partial charge on any atom is -0.356 e. The number of aromatic nitrogens is 1. The first-order valence-electron chi connectivity index (χ1n) is 6.67. The Morgan fingerprint density at radius 2 is 2.41 bits per heavy atom. The van der Waals surface area contributed by atoms with E-state index in [1.807, 2.05) is 19.2 Å². The number of nitrogens with two attached hydrogens (primary N) is 1. The van der Waals surface area contributed by atoms with Crippen LogP contribution in [0.2, 0.25) is 0 Å². The van der Waals surface area contributed by atoms with Gasteiger partial charge in [-0.05, 0) is 43.4 Å². The Morgan fingerprint density at radius 3 is 3.12 bits per heavy atom. The minimum absolute atomic E-state index is 0.0887. The summed E-state index contributed by atoms with van der Waals surface area (Å²) < 4.78 is 0. The van der Waals surface area contributed by atoms with Gasteiger partial charge in [-0.2, -0.15) is 0 Å². The van der Waals surface area contributed by atoms with Crippen molar-refractivity contribution < 1.29 is 0 Å². The van der Waals surface area contributed by atoms with E-state index >= 15 is 0 Å². The Kier molecular flexibility index (Phi) is 4.00. The number of pyridine rings is 1. The van der Waals surface area contributed by atoms with Crippen LogP contribution in [0.25, 0.3) is 0 Å². The van der Waals surface area contributed by atoms with Crippen molar-refractivity contribution in [3.63, 3.8) is 0 Å². The molecule has 1 aromatic rings. The van der Waals surface area contributed by atoms with Crippen molar-refractivity contribution in [2.75, 3.05) is 18.0 Å². The molecule has 2 atom stereocenters. The summed E-state index contributed by atoms with van der Waals surface area (Å²) in [6.45, 7) is 6.57. The molecule has 0 bridgehead atoms. The van der Waals surface area contributed by atoms with Gasteiger partial charge in [-0.15, -0.1) is 0 Å². The molecule has 0 aromatic carbocycles. The average Bonchev–Trinajstić information content (AvgIpc) is 2.78. The first kappa shape index (κ1) is 12.4. The van der Waals surface area contributed by atoms with E-state index in [0.29, 0.717) is 0 Å². The normalized spacial score (nSPS) is 21.8. The van der Waals surface area contributed by atoms with E-state index in [9.17, 15) is 0 Å². The van der Waals surface area contributed by atoms with Crippen LogP contribution in [0, 0.1) is 5.92 Å². The molecule has 0 aliphatic carbocycles. The molecule has 2 unspecified atom stereocenters. The molecule has 0 amide bonds. The van der Waals surface area contributed by atoms with Crippen LogP contribution in [0.1, 0.15) is 44.7 Å². The van der Waals surface area contributed by atoms with Gasteiger partial charge in [0.2, 0.25) is 0 Å². The van der Waals surface area contributed by atoms with Gasteiger partial charge in [-0.25, -0.2) is 4.98 Å². The zero-order chi connectivity index (χ0) is 12.3. The molecule has 0 radical (unpaired) electrons. The molecule has 0 spiro atoms. The zero-order valence-electron chi connectivity index (χ0n) is 10.9. The van der Waals surface area contributed by atoms with Gasteiger partial charge < -0.3 is 10.6 Å². The summed E-state index contributed by atoms with van der Waals surface area (Å²) in [6, 6.07) is 4.23. The van der Waals surface area contributed by atoms with Gasteiger partial charge in [0.15, 0.2) is 0 Å². The molecular weight excluding hydrogens is 210 g/mol. The monoisotopic (exact) mass is 233 g/mol. The molecule has 17 heavy (non-hydrogen) atoms. The highest BCUT2D eigenvalue weighted by Crippen LogP contribution is 2.26. The molecule has 94 valence electrons. The molecular formula is C14H23N3. The lowest BCUT2D eigenvalue weighted by Crippen LogP contribution is -2.21. The Labute approximate surface area is 104 Å². The Hall–Kier alpha value is -1.09. The molecule has 1 fully saturated rings. The summed E-state index contributed by atoms with van der Waals surface area (Å²) in [5.74, 6) is 1.94. The van der Waals surface area contributed by atoms with E-state index in [-0.39, 0.29) is 6.04 Å². The number of nitrogens with zero attached hydrogens (tertiary/aromatic N) is 2. The highest BCUT2D eigenvalue weighted by atomic mass is 15.2. The molecule has 3 nitrogen and oxygen atoms in total. The van der Waals surface area contributed by atoms with Crippen LogP contribution < -0.4 is 10.6 Å². The van der Waals surface area contributed by atoms with Crippen molar-refractivity contribution in [1.29, 1.82) is 0 Å². The van der Waals surface area contributed by atoms with Crippen molar-refractivity contribution in [2.45, 2.75) is 39.2 Å². The van der Waals surface area contributed by atoms with Gasteiger partial charge in [-0.3, -0.25) is 0 Å². The van der Waals surface area contributed by atoms with E-state index in [1.165, 1.54) is 24.8 Å². The lowest BCUT2D eigenvalue weighted by Gasteiger charge is -2.18. The SMILES string of the molecule is CCCC1CCN(c2cc(C(C)N)ccn2)C1. The third-order valence-corrected chi connectivity index (χ3v) is 3.60. The summed E-state index contributed by atoms with van der Waals surface area (Å²) in [4.78, 5) is 6.86. The highest BCUT2D eigenvalue weighted by molar-refractivity contribution is 5.42. The van der Waals surface area contributed by atoms with E-state index in [4.69, 9.17) is 5.73 Å². The summed E-state index contributed by atoms with van der Waals surface area (Å²) in [5, 5.41) is 0. The van der Waals surface area contributed by atoms with Gasteiger partial charge in [-0.1, -0.05) is 13.3 Å². The maximum absolute atomic E-state index is 5.91. The van der Waals surface area contributed by atoms with Crippen molar-refractivity contribution in [1.82, 2.24) is 4.98 Å². The molecule has 2 rings (SSSR count). The predicted molar refractivity (Wildman–Crippen MR) is 72.1 cm³/mol. The fourth-order valence-electron chi connectivity index (χ4n) is 2.57. The smallest absolute Gasteiger partial charge is 0.128 e. The fraction of sp³-hybridized carbons (Fsp3) is 0.643. The maximum Gasteiger partial charge on any atom is 0.128 e. The summed E-state index contributed by atoms with van der Waals surface area (Å²) in [5.41, 5.74) is 7.08. The Balaban J connectivity index is 2.05. The minimum atomic E-state index is 0.0887. The van der Waals surface area contributed by atoms with Gasteiger partial charge >= 0.3 is 0 Å². The van der Waals surface area contributed by atoms with E-state index in [0.717, 1.165) is 24.8 Å². The van der Waals surface area contributed by atoms with E-state index in [2.05, 4.69) is 22.9 Å². The van der Waals surface area contributed by atoms with Crippen LogP contribution in [0.15, 0.2) is 18.3 Å². The van der Waals surface area contributed by atoms with Gasteiger partial charge in [0.1, 0.15) is 5.82 Å². The van der Waals surface area contributed by atoms with Crippen molar-refractivity contribution in [3.05, 3.63) is 23.9 Å². The van der Waals surface area contributed by atoms with Crippen LogP contribution in [0.4, 0.5) is 5.82 Å². The second kappa shape index (κ2) is 5.50. The van der Waals surface area contributed by atoms with Crippen LogP contribution in [-0.4, -0.2) is 18.1 Å². The van der Waals surface area contributed by atoms with Gasteiger partial charge in [0.05, 0.1) is 0 Å². The first-order valence-corrected chi connectivity index (χ1v) is 6.67. The predicted octanol–water partition coefficient (Wildman–Crippen LogP) is 2.73. The van der Waals surface area contributed by atoms with Crippen LogP contribution in [0.3, 0.4) is 0 Å². The third-order valence-electron chi connectivity index (χ3n) is 3.60. The van der Waals surface area contributed by atoms with Crippen molar-refractivity contribution in [2.24, 2.45) is 11.7 Å². The topological polar surface area (TPSA) is 42.1 Å². The summed E-state index contributed by atoms with van der Waals surface area (Å²) >= 11 is 0. The Morgan fingerprint density at radius 1 is 1.59 bits per heavy atom. The van der Waals surface area contributed by atoms with Gasteiger partial charge in [0.25, 0.3) is 0 Å². The molecule has 2 heterocycles. The average molecular weight is 233 g/mol. The number of rotatable bonds is 4. The zero-order valence-corrected chi connectivity index (χ0v) is 10.9. The molecule has 1 aliphatic rings. The van der Waals surface area contributed by atoms with E-state index < -0.39 is 0 Å². The summed E-state index contributed by atoms with van der Waals surface area (Å²) in [6.07, 6.45) is 5.80. The molecule has 1 aromatic heterocycles. The summed E-state index contributed by atoms with van der Waals surface area (Å²) in [7, 11) is 0. The van der Waals surface area contributed by atoms with E-state index in [1.54, 1.807) is 0 Å². The Bertz CT molecular complexity index is 362.